The van der Waals surface area contributed by atoms with Crippen molar-refractivity contribution in [3.05, 3.63) is 34.4 Å². The second kappa shape index (κ2) is 6.09. The van der Waals surface area contributed by atoms with Gasteiger partial charge < -0.3 is 10.0 Å². The summed E-state index contributed by atoms with van der Waals surface area (Å²) in [7, 11) is 0. The molecule has 0 saturated carbocycles. The third-order valence-corrected chi connectivity index (χ3v) is 5.32. The van der Waals surface area contributed by atoms with Crippen molar-refractivity contribution in [2.45, 2.75) is 38.3 Å². The van der Waals surface area contributed by atoms with Crippen molar-refractivity contribution < 1.29 is 10.0 Å². The molecule has 3 rings (SSSR count). The van der Waals surface area contributed by atoms with E-state index in [0.717, 1.165) is 44.7 Å². The number of nitro benzene ring substituents is 1. The predicted octanol–water partition coefficient (Wildman–Crippen LogP) is 2.27. The molecule has 0 spiro atoms. The van der Waals surface area contributed by atoms with Gasteiger partial charge in [0.15, 0.2) is 0 Å². The Morgan fingerprint density at radius 1 is 1.17 bits per heavy atom. The fourth-order valence-corrected chi connectivity index (χ4v) is 3.53. The fraction of sp³-hybridized carbons (Fsp3) is 0.647. The quantitative estimate of drug-likeness (QED) is 0.681. The van der Waals surface area contributed by atoms with Crippen molar-refractivity contribution in [3.63, 3.8) is 0 Å². The maximum atomic E-state index is 10.7. The van der Waals surface area contributed by atoms with Crippen LogP contribution >= 0.6 is 0 Å². The van der Waals surface area contributed by atoms with Gasteiger partial charge in [-0.15, -0.1) is 0 Å². The molecule has 0 unspecified atom stereocenters. The van der Waals surface area contributed by atoms with Crippen molar-refractivity contribution in [1.82, 2.24) is 4.90 Å². The van der Waals surface area contributed by atoms with Gasteiger partial charge in [0.05, 0.1) is 10.5 Å². The van der Waals surface area contributed by atoms with Crippen LogP contribution in [0.1, 0.15) is 26.7 Å². The van der Waals surface area contributed by atoms with Crippen LogP contribution in [0.25, 0.3) is 0 Å². The number of aliphatic hydroxyl groups is 1. The van der Waals surface area contributed by atoms with E-state index in [1.807, 2.05) is 26.0 Å². The first-order chi connectivity index (χ1) is 10.8. The number of hydrogen-bond acceptors (Lipinski definition) is 5. The number of nitro groups is 1. The average Bonchev–Trinajstić information content (AvgIpc) is 2.45. The molecule has 0 radical (unpaired) electrons. The van der Waals surface area contributed by atoms with E-state index in [-0.39, 0.29) is 10.6 Å². The van der Waals surface area contributed by atoms with Crippen molar-refractivity contribution in [2.75, 3.05) is 31.1 Å². The van der Waals surface area contributed by atoms with Crippen LogP contribution in [-0.2, 0) is 0 Å². The summed E-state index contributed by atoms with van der Waals surface area (Å²) in [4.78, 5) is 15.1. The van der Waals surface area contributed by atoms with Crippen LogP contribution in [0, 0.1) is 16.0 Å². The van der Waals surface area contributed by atoms with Gasteiger partial charge in [0, 0.05) is 56.0 Å². The van der Waals surface area contributed by atoms with Crippen molar-refractivity contribution in [2.24, 2.45) is 5.92 Å². The summed E-state index contributed by atoms with van der Waals surface area (Å²) in [5.74, 6) is 0.384. The SMILES string of the molecule is CC(C)(O)C1CN(C2CCN(c3ccc([N+](=O)[O-])cc3)CC2)C1. The Morgan fingerprint density at radius 2 is 1.74 bits per heavy atom. The minimum absolute atomic E-state index is 0.141. The molecule has 6 heteroatoms. The van der Waals surface area contributed by atoms with Crippen LogP contribution in [0.15, 0.2) is 24.3 Å². The third kappa shape index (κ3) is 3.48. The highest BCUT2D eigenvalue weighted by Gasteiger charge is 2.40. The first kappa shape index (κ1) is 16.2. The van der Waals surface area contributed by atoms with Gasteiger partial charge in [-0.3, -0.25) is 15.0 Å². The van der Waals surface area contributed by atoms with Crippen molar-refractivity contribution in [3.8, 4) is 0 Å². The van der Waals surface area contributed by atoms with Gasteiger partial charge in [-0.1, -0.05) is 0 Å². The van der Waals surface area contributed by atoms with E-state index in [4.69, 9.17) is 0 Å². The Hall–Kier alpha value is -1.66. The van der Waals surface area contributed by atoms with E-state index in [2.05, 4.69) is 9.80 Å². The van der Waals surface area contributed by atoms with Gasteiger partial charge in [-0.25, -0.2) is 0 Å². The largest absolute Gasteiger partial charge is 0.390 e. The van der Waals surface area contributed by atoms with Gasteiger partial charge in [-0.05, 0) is 38.8 Å². The molecule has 0 aliphatic carbocycles. The molecule has 2 heterocycles. The van der Waals surface area contributed by atoms with Crippen LogP contribution in [0.3, 0.4) is 0 Å². The number of benzene rings is 1. The van der Waals surface area contributed by atoms with Gasteiger partial charge >= 0.3 is 0 Å². The minimum Gasteiger partial charge on any atom is -0.390 e. The molecule has 0 amide bonds. The van der Waals surface area contributed by atoms with Crippen molar-refractivity contribution >= 4 is 11.4 Å². The number of non-ortho nitro benzene ring substituents is 1. The lowest BCUT2D eigenvalue weighted by molar-refractivity contribution is -0.384. The predicted molar refractivity (Wildman–Crippen MR) is 89.7 cm³/mol. The lowest BCUT2D eigenvalue weighted by Gasteiger charge is -2.51. The van der Waals surface area contributed by atoms with Gasteiger partial charge in [-0.2, -0.15) is 0 Å². The van der Waals surface area contributed by atoms with Crippen LogP contribution in [0.5, 0.6) is 0 Å². The van der Waals surface area contributed by atoms with Crippen LogP contribution in [0.2, 0.25) is 0 Å². The highest BCUT2D eigenvalue weighted by Crippen LogP contribution is 2.32. The lowest BCUT2D eigenvalue weighted by Crippen LogP contribution is -2.60. The molecule has 2 saturated heterocycles. The van der Waals surface area contributed by atoms with E-state index in [9.17, 15) is 15.2 Å². The lowest BCUT2D eigenvalue weighted by atomic mass is 9.82. The van der Waals surface area contributed by atoms with E-state index < -0.39 is 5.60 Å². The van der Waals surface area contributed by atoms with E-state index in [0.29, 0.717) is 12.0 Å². The molecule has 0 bridgehead atoms. The molecule has 0 atom stereocenters. The summed E-state index contributed by atoms with van der Waals surface area (Å²) in [6.45, 7) is 7.73. The highest BCUT2D eigenvalue weighted by molar-refractivity contribution is 5.51. The summed E-state index contributed by atoms with van der Waals surface area (Å²) >= 11 is 0. The zero-order valence-electron chi connectivity index (χ0n) is 13.8. The van der Waals surface area contributed by atoms with E-state index >= 15 is 0 Å². The van der Waals surface area contributed by atoms with Crippen LogP contribution < -0.4 is 4.90 Å². The molecule has 126 valence electrons. The standard InChI is InChI=1S/C17H25N3O3/c1-17(2,21)13-11-19(12-13)15-7-9-18(10-8-15)14-3-5-16(6-4-14)20(22)23/h3-6,13,15,21H,7-12H2,1-2H3. The smallest absolute Gasteiger partial charge is 0.269 e. The molecular formula is C17H25N3O3. The second-order valence-electron chi connectivity index (χ2n) is 7.30. The first-order valence-electron chi connectivity index (χ1n) is 8.30. The minimum atomic E-state index is -0.573. The van der Waals surface area contributed by atoms with Gasteiger partial charge in [0.25, 0.3) is 5.69 Å². The van der Waals surface area contributed by atoms with Crippen molar-refractivity contribution in [1.29, 1.82) is 0 Å². The number of piperidine rings is 1. The highest BCUT2D eigenvalue weighted by atomic mass is 16.6. The zero-order chi connectivity index (χ0) is 16.6. The molecule has 1 aromatic rings. The van der Waals surface area contributed by atoms with Gasteiger partial charge in [0.2, 0.25) is 0 Å². The van der Waals surface area contributed by atoms with E-state index in [1.54, 1.807) is 12.1 Å². The molecule has 2 aliphatic rings. The summed E-state index contributed by atoms with van der Waals surface area (Å²) < 4.78 is 0. The summed E-state index contributed by atoms with van der Waals surface area (Å²) in [6, 6.07) is 7.43. The summed E-state index contributed by atoms with van der Waals surface area (Å²) in [5.41, 5.74) is 0.629. The Labute approximate surface area is 136 Å². The molecule has 23 heavy (non-hydrogen) atoms. The molecule has 6 nitrogen and oxygen atoms in total. The zero-order valence-corrected chi connectivity index (χ0v) is 13.8. The summed E-state index contributed by atoms with van der Waals surface area (Å²) in [6.07, 6.45) is 2.21. The Bertz CT molecular complexity index is 553. The molecule has 2 fully saturated rings. The number of likely N-dealkylation sites (tertiary alicyclic amines) is 1. The van der Waals surface area contributed by atoms with E-state index in [1.165, 1.54) is 0 Å². The average molecular weight is 319 g/mol. The number of nitrogens with zero attached hydrogens (tertiary/aromatic N) is 3. The second-order valence-corrected chi connectivity index (χ2v) is 7.30. The first-order valence-corrected chi connectivity index (χ1v) is 8.30. The molecular weight excluding hydrogens is 294 g/mol. The number of anilines is 1. The molecule has 2 aliphatic heterocycles. The van der Waals surface area contributed by atoms with Gasteiger partial charge in [0.1, 0.15) is 0 Å². The molecule has 1 N–H and O–H groups in total. The van der Waals surface area contributed by atoms with Crippen LogP contribution in [0.4, 0.5) is 11.4 Å². The Balaban J connectivity index is 1.50. The Morgan fingerprint density at radius 3 is 2.22 bits per heavy atom. The normalized spacial score (nSPS) is 21.3. The van der Waals surface area contributed by atoms with Crippen LogP contribution in [-0.4, -0.2) is 52.8 Å². The number of rotatable bonds is 4. The maximum absolute atomic E-state index is 10.7. The third-order valence-electron chi connectivity index (χ3n) is 5.32. The Kier molecular flexibility index (Phi) is 4.29. The molecule has 1 aromatic carbocycles. The number of hydrogen-bond donors (Lipinski definition) is 1. The summed E-state index contributed by atoms with van der Waals surface area (Å²) in [5, 5.41) is 20.7. The topological polar surface area (TPSA) is 69.8 Å². The molecule has 0 aromatic heterocycles. The fourth-order valence-electron chi connectivity index (χ4n) is 3.53. The monoisotopic (exact) mass is 319 g/mol. The maximum Gasteiger partial charge on any atom is 0.269 e.